The SMILES string of the molecule is Cl.NN=C(N)NNC(N)=S. The third-order valence-corrected chi connectivity index (χ3v) is 0.555. The van der Waals surface area contributed by atoms with Gasteiger partial charge < -0.3 is 17.3 Å². The molecule has 0 unspecified atom stereocenters. The van der Waals surface area contributed by atoms with Gasteiger partial charge in [-0.2, -0.15) is 0 Å². The molecule has 0 aromatic rings. The molecule has 6 nitrogen and oxygen atoms in total. The highest BCUT2D eigenvalue weighted by atomic mass is 35.5. The number of hydrazine groups is 1. The smallest absolute Gasteiger partial charge is 0.229 e. The summed E-state index contributed by atoms with van der Waals surface area (Å²) in [5, 5.41) is 3.14. The fraction of sp³-hybridized carbons (Fsp3) is 0. The summed E-state index contributed by atoms with van der Waals surface area (Å²) in [6.07, 6.45) is 0. The summed E-state index contributed by atoms with van der Waals surface area (Å²) in [5.41, 5.74) is 14.7. The molecule has 0 heterocycles. The van der Waals surface area contributed by atoms with Crippen LogP contribution >= 0.6 is 24.6 Å². The zero-order valence-corrected chi connectivity index (χ0v) is 6.63. The standard InChI is InChI=1S/C2H8N6S.ClH/c3-1(6-5)7-8-2(4)9;/h5H2,(H3,3,6,7)(H3,4,8,9);1H. The normalized spacial score (nSPS) is 9.40. The van der Waals surface area contributed by atoms with Crippen molar-refractivity contribution in [2.45, 2.75) is 0 Å². The van der Waals surface area contributed by atoms with Gasteiger partial charge in [0.2, 0.25) is 5.96 Å². The van der Waals surface area contributed by atoms with Gasteiger partial charge in [0.05, 0.1) is 0 Å². The molecule has 0 radical (unpaired) electrons. The minimum absolute atomic E-state index is 0. The van der Waals surface area contributed by atoms with E-state index in [1.807, 2.05) is 0 Å². The molecule has 0 atom stereocenters. The Morgan fingerprint density at radius 3 is 2.10 bits per heavy atom. The van der Waals surface area contributed by atoms with Crippen LogP contribution in [0.25, 0.3) is 0 Å². The van der Waals surface area contributed by atoms with Crippen LogP contribution in [0, 0.1) is 0 Å². The molecule has 0 aliphatic carbocycles. The number of nitrogens with zero attached hydrogens (tertiary/aromatic N) is 1. The van der Waals surface area contributed by atoms with Crippen molar-refractivity contribution in [2.75, 3.05) is 0 Å². The summed E-state index contributed by atoms with van der Waals surface area (Å²) >= 11 is 4.41. The second kappa shape index (κ2) is 6.17. The molecule has 0 aromatic heterocycles. The van der Waals surface area contributed by atoms with Crippen LogP contribution in [0.1, 0.15) is 0 Å². The monoisotopic (exact) mass is 184 g/mol. The number of hydrogen-bond donors (Lipinski definition) is 5. The predicted molar refractivity (Wildman–Crippen MR) is 46.1 cm³/mol. The molecule has 0 aromatic carbocycles. The van der Waals surface area contributed by atoms with Crippen LogP contribution in [0.2, 0.25) is 0 Å². The Morgan fingerprint density at radius 2 is 1.80 bits per heavy atom. The highest BCUT2D eigenvalue weighted by molar-refractivity contribution is 7.80. The summed E-state index contributed by atoms with van der Waals surface area (Å²) in [6.45, 7) is 0. The molecular weight excluding hydrogens is 176 g/mol. The van der Waals surface area contributed by atoms with Gasteiger partial charge in [-0.1, -0.05) is 0 Å². The third kappa shape index (κ3) is 7.05. The number of nitrogens with two attached hydrogens (primary N) is 3. The predicted octanol–water partition coefficient (Wildman–Crippen LogP) is -2.07. The maximum atomic E-state index is 5.06. The van der Waals surface area contributed by atoms with Crippen molar-refractivity contribution in [2.24, 2.45) is 22.4 Å². The largest absolute Gasteiger partial charge is 0.375 e. The van der Waals surface area contributed by atoms with E-state index in [0.717, 1.165) is 0 Å². The topological polar surface area (TPSA) is 114 Å². The summed E-state index contributed by atoms with van der Waals surface area (Å²) < 4.78 is 0. The van der Waals surface area contributed by atoms with Crippen molar-refractivity contribution >= 4 is 35.7 Å². The van der Waals surface area contributed by atoms with Gasteiger partial charge in [-0.05, 0) is 12.2 Å². The molecule has 0 aliphatic rings. The van der Waals surface area contributed by atoms with Crippen molar-refractivity contribution in [1.82, 2.24) is 10.9 Å². The second-order valence-corrected chi connectivity index (χ2v) is 1.57. The van der Waals surface area contributed by atoms with E-state index < -0.39 is 0 Å². The Bertz CT molecular complexity index is 134. The molecule has 0 spiro atoms. The Kier molecular flexibility index (Phi) is 7.29. The maximum absolute atomic E-state index is 5.06. The number of hydrogen-bond acceptors (Lipinski definition) is 3. The number of thiocarbonyl (C=S) groups is 1. The average Bonchev–Trinajstić information content (AvgIpc) is 1.83. The number of halogens is 1. The summed E-state index contributed by atoms with van der Waals surface area (Å²) in [4.78, 5) is 0. The minimum Gasteiger partial charge on any atom is -0.375 e. The first-order chi connectivity index (χ1) is 4.16. The second-order valence-electron chi connectivity index (χ2n) is 1.13. The van der Waals surface area contributed by atoms with Crippen molar-refractivity contribution in [3.63, 3.8) is 0 Å². The van der Waals surface area contributed by atoms with Gasteiger partial charge >= 0.3 is 0 Å². The van der Waals surface area contributed by atoms with Crippen molar-refractivity contribution in [1.29, 1.82) is 0 Å². The van der Waals surface area contributed by atoms with Gasteiger partial charge in [0, 0.05) is 0 Å². The van der Waals surface area contributed by atoms with E-state index in [0.29, 0.717) is 0 Å². The van der Waals surface area contributed by atoms with Crippen molar-refractivity contribution < 1.29 is 0 Å². The molecule has 0 aliphatic heterocycles. The Balaban J connectivity index is 0. The van der Waals surface area contributed by atoms with Crippen LogP contribution in [0.3, 0.4) is 0 Å². The number of rotatable bonds is 0. The van der Waals surface area contributed by atoms with E-state index in [4.69, 9.17) is 17.3 Å². The van der Waals surface area contributed by atoms with Gasteiger partial charge in [0.25, 0.3) is 0 Å². The van der Waals surface area contributed by atoms with Crippen molar-refractivity contribution in [3.05, 3.63) is 0 Å². The third-order valence-electron chi connectivity index (χ3n) is 0.453. The fourth-order valence-corrected chi connectivity index (χ4v) is 0.209. The molecule has 0 fully saturated rings. The molecular formula is C2H9ClN6S. The van der Waals surface area contributed by atoms with Crippen LogP contribution in [0.4, 0.5) is 0 Å². The van der Waals surface area contributed by atoms with E-state index in [1.54, 1.807) is 0 Å². The van der Waals surface area contributed by atoms with Crippen LogP contribution in [-0.2, 0) is 0 Å². The molecule has 60 valence electrons. The molecule has 0 saturated carbocycles. The van der Waals surface area contributed by atoms with Gasteiger partial charge in [-0.3, -0.25) is 10.9 Å². The molecule has 0 rings (SSSR count). The first-order valence-electron chi connectivity index (χ1n) is 2.01. The lowest BCUT2D eigenvalue weighted by Gasteiger charge is -2.03. The summed E-state index contributed by atoms with van der Waals surface area (Å²) in [5.74, 6) is 4.75. The molecule has 0 saturated heterocycles. The fourth-order valence-electron chi connectivity index (χ4n) is 0.158. The number of hydrazone groups is 1. The van der Waals surface area contributed by atoms with Crippen LogP contribution in [-0.4, -0.2) is 11.1 Å². The highest BCUT2D eigenvalue weighted by Crippen LogP contribution is 1.51. The minimum atomic E-state index is 0. The van der Waals surface area contributed by atoms with Crippen molar-refractivity contribution in [3.8, 4) is 0 Å². The van der Waals surface area contributed by atoms with Crippen LogP contribution < -0.4 is 28.2 Å². The van der Waals surface area contributed by atoms with E-state index in [2.05, 4.69) is 28.2 Å². The Hall–Kier alpha value is -0.950. The molecule has 0 amide bonds. The van der Waals surface area contributed by atoms with Gasteiger partial charge in [0.15, 0.2) is 5.11 Å². The van der Waals surface area contributed by atoms with Crippen LogP contribution in [0.5, 0.6) is 0 Å². The van der Waals surface area contributed by atoms with Gasteiger partial charge in [-0.25, -0.2) is 0 Å². The maximum Gasteiger partial charge on any atom is 0.229 e. The van der Waals surface area contributed by atoms with E-state index in [1.165, 1.54) is 0 Å². The number of guanidine groups is 1. The molecule has 8 N–H and O–H groups in total. The highest BCUT2D eigenvalue weighted by Gasteiger charge is 1.85. The van der Waals surface area contributed by atoms with Crippen LogP contribution in [0.15, 0.2) is 5.10 Å². The lowest BCUT2D eigenvalue weighted by Crippen LogP contribution is -2.48. The van der Waals surface area contributed by atoms with E-state index in [-0.39, 0.29) is 23.5 Å². The molecule has 0 bridgehead atoms. The van der Waals surface area contributed by atoms with Gasteiger partial charge in [0.1, 0.15) is 0 Å². The molecule has 10 heavy (non-hydrogen) atoms. The average molecular weight is 185 g/mol. The first kappa shape index (κ1) is 11.8. The van der Waals surface area contributed by atoms with E-state index >= 15 is 0 Å². The first-order valence-corrected chi connectivity index (χ1v) is 2.42. The zero-order valence-electron chi connectivity index (χ0n) is 5.00. The number of nitrogens with one attached hydrogen (secondary N) is 2. The lowest BCUT2D eigenvalue weighted by atomic mass is 11.0. The lowest BCUT2D eigenvalue weighted by molar-refractivity contribution is 0.851. The summed E-state index contributed by atoms with van der Waals surface area (Å²) in [7, 11) is 0. The Morgan fingerprint density at radius 1 is 1.30 bits per heavy atom. The van der Waals surface area contributed by atoms with E-state index in [9.17, 15) is 0 Å². The summed E-state index contributed by atoms with van der Waals surface area (Å²) in [6, 6.07) is 0. The van der Waals surface area contributed by atoms with Gasteiger partial charge in [-0.15, -0.1) is 17.5 Å². The Labute approximate surface area is 69.6 Å². The zero-order chi connectivity index (χ0) is 7.28. The quantitative estimate of drug-likeness (QED) is 0.0972. The molecule has 8 heteroatoms.